The first-order chi connectivity index (χ1) is 8.99. The molecule has 1 aromatic carbocycles. The maximum atomic E-state index is 11.8. The van der Waals surface area contributed by atoms with Crippen molar-refractivity contribution in [3.63, 3.8) is 0 Å². The average molecular weight is 283 g/mol. The van der Waals surface area contributed by atoms with Gasteiger partial charge in [-0.05, 0) is 23.6 Å². The molecule has 0 aliphatic heterocycles. The molecule has 0 bridgehead atoms. The number of hydrogen-bond acceptors (Lipinski definition) is 4. The summed E-state index contributed by atoms with van der Waals surface area (Å²) < 4.78 is 10.4. The van der Waals surface area contributed by atoms with E-state index in [1.165, 1.54) is 0 Å². The summed E-state index contributed by atoms with van der Waals surface area (Å²) in [5, 5.41) is 2.57. The quantitative estimate of drug-likeness (QED) is 0.787. The largest absolute Gasteiger partial charge is 0.493 e. The Balaban J connectivity index is 2.66. The number of benzene rings is 1. The fraction of sp³-hybridized carbons (Fsp3) is 0.500. The van der Waals surface area contributed by atoms with Crippen LogP contribution in [0.25, 0.3) is 0 Å². The van der Waals surface area contributed by atoms with Crippen LogP contribution in [-0.4, -0.2) is 25.4 Å². The number of methoxy groups -OCH3 is 2. The highest BCUT2D eigenvalue weighted by molar-refractivity contribution is 7.81. The van der Waals surface area contributed by atoms with Gasteiger partial charge in [0.15, 0.2) is 11.5 Å². The van der Waals surface area contributed by atoms with Gasteiger partial charge < -0.3 is 14.8 Å². The summed E-state index contributed by atoms with van der Waals surface area (Å²) in [6.07, 6.45) is 0. The van der Waals surface area contributed by atoms with E-state index in [2.05, 4.69) is 17.9 Å². The molecule has 1 unspecified atom stereocenters. The topological polar surface area (TPSA) is 47.6 Å². The molecule has 0 aromatic heterocycles. The standard InChI is InChI=1S/C14H21NO3S/c1-9(2)13(19)14(16)15-8-10-5-6-11(17-3)12(7-10)18-4/h5-7,9,13,19H,8H2,1-4H3,(H,15,16). The first kappa shape index (κ1) is 15.7. The van der Waals surface area contributed by atoms with Gasteiger partial charge in [-0.25, -0.2) is 0 Å². The molecule has 0 radical (unpaired) electrons. The van der Waals surface area contributed by atoms with Crippen molar-refractivity contribution in [1.82, 2.24) is 5.32 Å². The second-order valence-electron chi connectivity index (χ2n) is 4.60. The summed E-state index contributed by atoms with van der Waals surface area (Å²) >= 11 is 4.28. The fourth-order valence-corrected chi connectivity index (χ4v) is 1.68. The molecule has 0 saturated heterocycles. The first-order valence-electron chi connectivity index (χ1n) is 6.16. The Morgan fingerprint density at radius 1 is 1.26 bits per heavy atom. The molecule has 1 aromatic rings. The molecule has 1 N–H and O–H groups in total. The van der Waals surface area contributed by atoms with Crippen LogP contribution >= 0.6 is 12.6 Å². The van der Waals surface area contributed by atoms with Crippen LogP contribution in [0.3, 0.4) is 0 Å². The number of rotatable bonds is 6. The average Bonchev–Trinajstić information content (AvgIpc) is 2.43. The van der Waals surface area contributed by atoms with Crippen molar-refractivity contribution >= 4 is 18.5 Å². The highest BCUT2D eigenvalue weighted by Gasteiger charge is 2.17. The van der Waals surface area contributed by atoms with E-state index in [0.717, 1.165) is 5.56 Å². The van der Waals surface area contributed by atoms with Gasteiger partial charge in [0.05, 0.1) is 19.5 Å². The number of nitrogens with one attached hydrogen (secondary N) is 1. The molecule has 5 heteroatoms. The fourth-order valence-electron chi connectivity index (χ4n) is 1.59. The molecule has 0 spiro atoms. The molecule has 0 aliphatic carbocycles. The highest BCUT2D eigenvalue weighted by Crippen LogP contribution is 2.27. The van der Waals surface area contributed by atoms with Gasteiger partial charge in [-0.3, -0.25) is 4.79 Å². The molecule has 0 saturated carbocycles. The van der Waals surface area contributed by atoms with Crippen molar-refractivity contribution in [2.24, 2.45) is 5.92 Å². The maximum Gasteiger partial charge on any atom is 0.233 e. The zero-order chi connectivity index (χ0) is 14.4. The van der Waals surface area contributed by atoms with E-state index in [1.807, 2.05) is 32.0 Å². The highest BCUT2D eigenvalue weighted by atomic mass is 32.1. The second kappa shape index (κ2) is 7.28. The van der Waals surface area contributed by atoms with Gasteiger partial charge in [-0.2, -0.15) is 12.6 Å². The zero-order valence-electron chi connectivity index (χ0n) is 11.8. The van der Waals surface area contributed by atoms with Crippen LogP contribution in [0.5, 0.6) is 11.5 Å². The summed E-state index contributed by atoms with van der Waals surface area (Å²) in [5.41, 5.74) is 0.954. The molecular formula is C14H21NO3S. The van der Waals surface area contributed by atoms with Crippen molar-refractivity contribution in [3.05, 3.63) is 23.8 Å². The van der Waals surface area contributed by atoms with Crippen molar-refractivity contribution in [1.29, 1.82) is 0 Å². The van der Waals surface area contributed by atoms with Crippen LogP contribution in [0.4, 0.5) is 0 Å². The number of thiol groups is 1. The van der Waals surface area contributed by atoms with E-state index in [-0.39, 0.29) is 17.1 Å². The Bertz CT molecular complexity index is 435. The van der Waals surface area contributed by atoms with E-state index in [9.17, 15) is 4.79 Å². The van der Waals surface area contributed by atoms with E-state index < -0.39 is 0 Å². The minimum atomic E-state index is -0.292. The predicted molar refractivity (Wildman–Crippen MR) is 79.0 cm³/mol. The lowest BCUT2D eigenvalue weighted by Crippen LogP contribution is -2.33. The molecule has 1 amide bonds. The minimum Gasteiger partial charge on any atom is -0.493 e. The van der Waals surface area contributed by atoms with Gasteiger partial charge in [-0.15, -0.1) is 0 Å². The van der Waals surface area contributed by atoms with Gasteiger partial charge in [0.2, 0.25) is 5.91 Å². The van der Waals surface area contributed by atoms with E-state index >= 15 is 0 Å². The third-order valence-corrected chi connectivity index (χ3v) is 3.65. The zero-order valence-corrected chi connectivity index (χ0v) is 12.7. The SMILES string of the molecule is COc1ccc(CNC(=O)C(S)C(C)C)cc1OC. The molecule has 1 rings (SSSR count). The van der Waals surface area contributed by atoms with Crippen LogP contribution in [0, 0.1) is 5.92 Å². The molecule has 0 aliphatic rings. The van der Waals surface area contributed by atoms with Crippen LogP contribution in [-0.2, 0) is 11.3 Å². The molecule has 106 valence electrons. The number of ether oxygens (including phenoxy) is 2. The summed E-state index contributed by atoms with van der Waals surface area (Å²) in [5.74, 6) is 1.47. The van der Waals surface area contributed by atoms with Crippen molar-refractivity contribution in [2.45, 2.75) is 25.6 Å². The second-order valence-corrected chi connectivity index (χ2v) is 5.15. The Morgan fingerprint density at radius 3 is 2.42 bits per heavy atom. The Labute approximate surface area is 119 Å². The van der Waals surface area contributed by atoms with Crippen LogP contribution in [0.2, 0.25) is 0 Å². The lowest BCUT2D eigenvalue weighted by atomic mass is 10.1. The molecule has 0 heterocycles. The third-order valence-electron chi connectivity index (χ3n) is 2.81. The van der Waals surface area contributed by atoms with Gasteiger partial charge >= 0.3 is 0 Å². The van der Waals surface area contributed by atoms with Crippen molar-refractivity contribution < 1.29 is 14.3 Å². The van der Waals surface area contributed by atoms with Crippen molar-refractivity contribution in [2.75, 3.05) is 14.2 Å². The molecular weight excluding hydrogens is 262 g/mol. The monoisotopic (exact) mass is 283 g/mol. The first-order valence-corrected chi connectivity index (χ1v) is 6.68. The molecule has 0 fully saturated rings. The van der Waals surface area contributed by atoms with Crippen LogP contribution < -0.4 is 14.8 Å². The smallest absolute Gasteiger partial charge is 0.233 e. The van der Waals surface area contributed by atoms with Gasteiger partial charge in [0.1, 0.15) is 0 Å². The van der Waals surface area contributed by atoms with Gasteiger partial charge in [-0.1, -0.05) is 19.9 Å². The summed E-state index contributed by atoms with van der Waals surface area (Å²) in [4.78, 5) is 11.8. The van der Waals surface area contributed by atoms with Crippen LogP contribution in [0.15, 0.2) is 18.2 Å². The maximum absolute atomic E-state index is 11.8. The Hall–Kier alpha value is -1.36. The van der Waals surface area contributed by atoms with Crippen molar-refractivity contribution in [3.8, 4) is 11.5 Å². The lowest BCUT2D eigenvalue weighted by Gasteiger charge is -2.15. The van der Waals surface area contributed by atoms with Crippen LogP contribution in [0.1, 0.15) is 19.4 Å². The van der Waals surface area contributed by atoms with Gasteiger partial charge in [0, 0.05) is 6.54 Å². The Kier molecular flexibility index (Phi) is 6.02. The Morgan fingerprint density at radius 2 is 1.89 bits per heavy atom. The third kappa shape index (κ3) is 4.35. The number of carbonyl (C=O) groups excluding carboxylic acids is 1. The molecule has 4 nitrogen and oxygen atoms in total. The summed E-state index contributed by atoms with van der Waals surface area (Å²) in [6.45, 7) is 4.38. The van der Waals surface area contributed by atoms with E-state index in [0.29, 0.717) is 18.0 Å². The lowest BCUT2D eigenvalue weighted by molar-refractivity contribution is -0.121. The molecule has 1 atom stereocenters. The molecule has 19 heavy (non-hydrogen) atoms. The number of amides is 1. The predicted octanol–water partition coefficient (Wildman–Crippen LogP) is 2.27. The minimum absolute atomic E-state index is 0.0619. The number of carbonyl (C=O) groups is 1. The van der Waals surface area contributed by atoms with E-state index in [1.54, 1.807) is 14.2 Å². The van der Waals surface area contributed by atoms with Gasteiger partial charge in [0.25, 0.3) is 0 Å². The number of hydrogen-bond donors (Lipinski definition) is 2. The van der Waals surface area contributed by atoms with E-state index in [4.69, 9.17) is 9.47 Å². The summed E-state index contributed by atoms with van der Waals surface area (Å²) in [7, 11) is 3.18. The normalized spacial score (nSPS) is 12.1. The summed E-state index contributed by atoms with van der Waals surface area (Å²) in [6, 6.07) is 5.56.